The van der Waals surface area contributed by atoms with Crippen LogP contribution in [0.3, 0.4) is 0 Å². The van der Waals surface area contributed by atoms with Crippen LogP contribution >= 0.6 is 0 Å². The third-order valence-corrected chi connectivity index (χ3v) is 4.40. The van der Waals surface area contributed by atoms with Crippen LogP contribution in [0.5, 0.6) is 5.75 Å². The first kappa shape index (κ1) is 20.8. The molecule has 0 aliphatic rings. The molecule has 0 saturated heterocycles. The van der Waals surface area contributed by atoms with Gasteiger partial charge in [0.25, 0.3) is 11.8 Å². The third-order valence-electron chi connectivity index (χ3n) is 4.40. The molecule has 0 heterocycles. The highest BCUT2D eigenvalue weighted by molar-refractivity contribution is 6.05. The number of benzene rings is 3. The maximum absolute atomic E-state index is 12.2. The van der Waals surface area contributed by atoms with Gasteiger partial charge in [-0.15, -0.1) is 0 Å². The zero-order valence-electron chi connectivity index (χ0n) is 16.9. The fraction of sp³-hybridized carbons (Fsp3) is 0.125. The first-order valence-electron chi connectivity index (χ1n) is 9.51. The van der Waals surface area contributed by atoms with Crippen molar-refractivity contribution in [1.29, 1.82) is 0 Å². The molecule has 3 rings (SSSR count). The van der Waals surface area contributed by atoms with Crippen molar-refractivity contribution in [3.05, 3.63) is 95.6 Å². The predicted octanol–water partition coefficient (Wildman–Crippen LogP) is 4.17. The van der Waals surface area contributed by atoms with Crippen LogP contribution in [0.2, 0.25) is 0 Å². The van der Waals surface area contributed by atoms with Crippen molar-refractivity contribution in [2.45, 2.75) is 13.8 Å². The normalized spacial score (nSPS) is 10.9. The van der Waals surface area contributed by atoms with Crippen LogP contribution in [0.25, 0.3) is 0 Å². The number of para-hydroxylation sites is 1. The second-order valence-corrected chi connectivity index (χ2v) is 6.68. The van der Waals surface area contributed by atoms with E-state index in [0.717, 1.165) is 11.1 Å². The molecule has 0 saturated carbocycles. The molecule has 0 bridgehead atoms. The maximum Gasteiger partial charge on any atom is 0.277 e. The van der Waals surface area contributed by atoms with E-state index in [4.69, 9.17) is 4.74 Å². The number of carbonyl (C=O) groups is 2. The molecule has 0 unspecified atom stereocenters. The Morgan fingerprint density at radius 1 is 0.867 bits per heavy atom. The fourth-order valence-corrected chi connectivity index (χ4v) is 2.69. The number of hydrogen-bond acceptors (Lipinski definition) is 4. The average molecular weight is 401 g/mol. The number of anilines is 1. The highest BCUT2D eigenvalue weighted by Gasteiger charge is 2.07. The number of hydrazone groups is 1. The van der Waals surface area contributed by atoms with E-state index in [1.54, 1.807) is 31.2 Å². The van der Waals surface area contributed by atoms with E-state index in [-0.39, 0.29) is 18.4 Å². The number of carbonyl (C=O) groups excluding carboxylic acids is 2. The number of nitrogens with zero attached hydrogens (tertiary/aromatic N) is 1. The lowest BCUT2D eigenvalue weighted by Gasteiger charge is -2.08. The zero-order chi connectivity index (χ0) is 21.3. The Hall–Kier alpha value is -3.93. The number of nitrogens with one attached hydrogen (secondary N) is 2. The summed E-state index contributed by atoms with van der Waals surface area (Å²) in [5.41, 5.74) is 6.19. The lowest BCUT2D eigenvalue weighted by Crippen LogP contribution is -2.25. The Bertz CT molecular complexity index is 1040. The van der Waals surface area contributed by atoms with Gasteiger partial charge in [-0.2, -0.15) is 5.10 Å². The molecule has 3 aromatic carbocycles. The van der Waals surface area contributed by atoms with Crippen molar-refractivity contribution < 1.29 is 14.3 Å². The molecule has 152 valence electrons. The minimum atomic E-state index is -0.343. The lowest BCUT2D eigenvalue weighted by molar-refractivity contribution is -0.123. The molecule has 0 fully saturated rings. The minimum absolute atomic E-state index is 0.119. The number of amides is 2. The fourth-order valence-electron chi connectivity index (χ4n) is 2.69. The summed E-state index contributed by atoms with van der Waals surface area (Å²) in [7, 11) is 0. The molecule has 0 aliphatic carbocycles. The van der Waals surface area contributed by atoms with E-state index < -0.39 is 0 Å². The van der Waals surface area contributed by atoms with Crippen molar-refractivity contribution in [1.82, 2.24) is 5.43 Å². The van der Waals surface area contributed by atoms with Crippen LogP contribution in [0.4, 0.5) is 5.69 Å². The molecule has 0 radical (unpaired) electrons. The first-order valence-corrected chi connectivity index (χ1v) is 9.51. The Morgan fingerprint density at radius 2 is 1.53 bits per heavy atom. The highest BCUT2D eigenvalue weighted by atomic mass is 16.5. The van der Waals surface area contributed by atoms with E-state index in [9.17, 15) is 9.59 Å². The van der Waals surface area contributed by atoms with Crippen molar-refractivity contribution >= 4 is 23.2 Å². The van der Waals surface area contributed by atoms with Crippen LogP contribution in [0, 0.1) is 6.92 Å². The smallest absolute Gasteiger partial charge is 0.277 e. The molecule has 2 N–H and O–H groups in total. The largest absolute Gasteiger partial charge is 0.483 e. The van der Waals surface area contributed by atoms with Crippen molar-refractivity contribution in [2.24, 2.45) is 5.10 Å². The quantitative estimate of drug-likeness (QED) is 0.461. The Labute approximate surface area is 175 Å². The highest BCUT2D eigenvalue weighted by Crippen LogP contribution is 2.16. The van der Waals surface area contributed by atoms with Crippen LogP contribution in [0.1, 0.15) is 28.4 Å². The second-order valence-electron chi connectivity index (χ2n) is 6.68. The summed E-state index contributed by atoms with van der Waals surface area (Å²) in [5.74, 6) is 0.153. The van der Waals surface area contributed by atoms with E-state index in [2.05, 4.69) is 15.8 Å². The standard InChI is InChI=1S/C24H23N3O3/c1-17-8-6-7-11-22(17)30-16-23(28)27-26-18(2)19-12-14-21(15-13-19)25-24(29)20-9-4-3-5-10-20/h3-15H,16H2,1-2H3,(H,25,29)(H,27,28)/b26-18+. The molecule has 2 amide bonds. The van der Waals surface area contributed by atoms with Gasteiger partial charge in [0, 0.05) is 11.3 Å². The molecular formula is C24H23N3O3. The maximum atomic E-state index is 12.2. The van der Waals surface area contributed by atoms with Gasteiger partial charge >= 0.3 is 0 Å². The Morgan fingerprint density at radius 3 is 2.23 bits per heavy atom. The van der Waals surface area contributed by atoms with Gasteiger partial charge in [-0.3, -0.25) is 9.59 Å². The van der Waals surface area contributed by atoms with E-state index in [1.165, 1.54) is 0 Å². The van der Waals surface area contributed by atoms with Crippen molar-refractivity contribution in [2.75, 3.05) is 11.9 Å². The van der Waals surface area contributed by atoms with E-state index in [0.29, 0.717) is 22.7 Å². The number of hydrogen-bond donors (Lipinski definition) is 2. The van der Waals surface area contributed by atoms with Gasteiger partial charge in [-0.05, 0) is 55.3 Å². The Kier molecular flexibility index (Phi) is 6.95. The van der Waals surface area contributed by atoms with Gasteiger partial charge < -0.3 is 10.1 Å². The van der Waals surface area contributed by atoms with Crippen molar-refractivity contribution in [3.63, 3.8) is 0 Å². The third kappa shape index (κ3) is 5.78. The van der Waals surface area contributed by atoms with Crippen LogP contribution < -0.4 is 15.5 Å². The van der Waals surface area contributed by atoms with Crippen molar-refractivity contribution in [3.8, 4) is 5.75 Å². The van der Waals surface area contributed by atoms with Crippen LogP contribution in [0.15, 0.2) is 84.0 Å². The average Bonchev–Trinajstić information content (AvgIpc) is 2.78. The molecule has 30 heavy (non-hydrogen) atoms. The molecule has 0 atom stereocenters. The topological polar surface area (TPSA) is 79.8 Å². The summed E-state index contributed by atoms with van der Waals surface area (Å²) in [6, 6.07) is 23.7. The summed E-state index contributed by atoms with van der Waals surface area (Å²) in [6.07, 6.45) is 0. The molecule has 0 spiro atoms. The van der Waals surface area contributed by atoms with Crippen LogP contribution in [-0.2, 0) is 4.79 Å². The predicted molar refractivity (Wildman–Crippen MR) is 118 cm³/mol. The van der Waals surface area contributed by atoms with Gasteiger partial charge in [-0.1, -0.05) is 48.5 Å². The van der Waals surface area contributed by atoms with Crippen LogP contribution in [-0.4, -0.2) is 24.1 Å². The van der Waals surface area contributed by atoms with E-state index in [1.807, 2.05) is 61.5 Å². The van der Waals surface area contributed by atoms with Gasteiger partial charge in [0.15, 0.2) is 6.61 Å². The SMILES string of the molecule is C/C(=N\NC(=O)COc1ccccc1C)c1ccc(NC(=O)c2ccccc2)cc1. The number of ether oxygens (including phenoxy) is 1. The lowest BCUT2D eigenvalue weighted by atomic mass is 10.1. The summed E-state index contributed by atoms with van der Waals surface area (Å²) < 4.78 is 5.50. The summed E-state index contributed by atoms with van der Waals surface area (Å²) in [4.78, 5) is 24.2. The second kappa shape index (κ2) is 10.0. The summed E-state index contributed by atoms with van der Waals surface area (Å²) in [6.45, 7) is 3.59. The van der Waals surface area contributed by atoms with Gasteiger partial charge in [0.1, 0.15) is 5.75 Å². The zero-order valence-corrected chi connectivity index (χ0v) is 16.9. The number of rotatable bonds is 7. The molecule has 0 aromatic heterocycles. The first-order chi connectivity index (χ1) is 14.5. The molecule has 0 aliphatic heterocycles. The minimum Gasteiger partial charge on any atom is -0.483 e. The van der Waals surface area contributed by atoms with Gasteiger partial charge in [-0.25, -0.2) is 5.43 Å². The Balaban J connectivity index is 1.52. The molecule has 6 heteroatoms. The molecule has 3 aromatic rings. The van der Waals surface area contributed by atoms with E-state index >= 15 is 0 Å². The number of aryl methyl sites for hydroxylation is 1. The summed E-state index contributed by atoms with van der Waals surface area (Å²) in [5, 5.41) is 6.96. The van der Waals surface area contributed by atoms with Gasteiger partial charge in [0.05, 0.1) is 5.71 Å². The monoisotopic (exact) mass is 401 g/mol. The van der Waals surface area contributed by atoms with Gasteiger partial charge in [0.2, 0.25) is 0 Å². The summed E-state index contributed by atoms with van der Waals surface area (Å²) >= 11 is 0. The molecular weight excluding hydrogens is 378 g/mol. The molecule has 6 nitrogen and oxygen atoms in total.